The van der Waals surface area contributed by atoms with Gasteiger partial charge in [-0.05, 0) is 49.7 Å². The summed E-state index contributed by atoms with van der Waals surface area (Å²) in [4.78, 5) is 14.7. The summed E-state index contributed by atoms with van der Waals surface area (Å²) in [7, 11) is 2.18. The third-order valence-corrected chi connectivity index (χ3v) is 5.65. The van der Waals surface area contributed by atoms with Crippen molar-refractivity contribution in [2.45, 2.75) is 33.4 Å². The first kappa shape index (κ1) is 19.5. The molecule has 0 spiro atoms. The summed E-state index contributed by atoms with van der Waals surface area (Å²) in [6, 6.07) is 16.8. The number of carbonyl (C=O) groups is 1. The highest BCUT2D eigenvalue weighted by molar-refractivity contribution is 5.92. The highest BCUT2D eigenvalue weighted by Gasteiger charge is 2.23. The number of benzene rings is 2. The topological polar surface area (TPSA) is 34.5 Å². The van der Waals surface area contributed by atoms with Crippen LogP contribution in [-0.4, -0.2) is 35.6 Å². The Morgan fingerprint density at radius 1 is 1.17 bits per heavy atom. The average molecular weight is 389 g/mol. The quantitative estimate of drug-likeness (QED) is 0.474. The number of esters is 1. The molecular formula is C25H28N2O2. The Morgan fingerprint density at radius 2 is 1.97 bits per heavy atom. The van der Waals surface area contributed by atoms with Crippen LogP contribution in [0.4, 0.5) is 0 Å². The number of hydrogen-bond acceptors (Lipinski definition) is 3. The lowest BCUT2D eigenvalue weighted by Crippen LogP contribution is -2.27. The Morgan fingerprint density at radius 3 is 2.72 bits per heavy atom. The number of carbonyl (C=O) groups excluding carboxylic acids is 1. The van der Waals surface area contributed by atoms with E-state index < -0.39 is 0 Å². The number of hydrogen-bond donors (Lipinski definition) is 0. The van der Waals surface area contributed by atoms with Gasteiger partial charge in [0.2, 0.25) is 0 Å². The number of allylic oxidation sites excluding steroid dienone is 1. The molecule has 0 bridgehead atoms. The molecule has 0 saturated carbocycles. The maximum atomic E-state index is 12.3. The maximum Gasteiger partial charge on any atom is 0.331 e. The highest BCUT2D eigenvalue weighted by atomic mass is 16.5. The van der Waals surface area contributed by atoms with Gasteiger partial charge in [-0.2, -0.15) is 0 Å². The standard InChI is InChI=1S/C25H28N2O2/c1-4-29-25(28)15-20(19-8-6-5-7-9-19)16-27-23-11-10-18(2)14-21(23)22-17-26(3)13-12-24(22)27/h5-11,14-15H,4,12-13,16-17H2,1-3H3/b20-15-. The summed E-state index contributed by atoms with van der Waals surface area (Å²) in [5, 5.41) is 1.33. The van der Waals surface area contributed by atoms with E-state index in [1.165, 1.54) is 27.7 Å². The summed E-state index contributed by atoms with van der Waals surface area (Å²) in [6.07, 6.45) is 2.67. The average Bonchev–Trinajstić information content (AvgIpc) is 3.00. The number of aromatic nitrogens is 1. The molecule has 4 rings (SSSR count). The molecule has 0 saturated heterocycles. The van der Waals surface area contributed by atoms with Crippen molar-refractivity contribution in [3.8, 4) is 0 Å². The van der Waals surface area contributed by atoms with Crippen LogP contribution in [0.5, 0.6) is 0 Å². The molecule has 0 fully saturated rings. The van der Waals surface area contributed by atoms with Crippen molar-refractivity contribution < 1.29 is 9.53 Å². The predicted molar refractivity (Wildman–Crippen MR) is 118 cm³/mol. The van der Waals surface area contributed by atoms with Crippen LogP contribution in [0, 0.1) is 6.92 Å². The van der Waals surface area contributed by atoms with E-state index in [1.807, 2.05) is 25.1 Å². The van der Waals surface area contributed by atoms with Crippen LogP contribution >= 0.6 is 0 Å². The molecule has 150 valence electrons. The van der Waals surface area contributed by atoms with E-state index >= 15 is 0 Å². The largest absolute Gasteiger partial charge is 0.463 e. The first-order valence-electron chi connectivity index (χ1n) is 10.3. The van der Waals surface area contributed by atoms with Crippen molar-refractivity contribution in [1.82, 2.24) is 9.47 Å². The highest BCUT2D eigenvalue weighted by Crippen LogP contribution is 2.33. The molecule has 29 heavy (non-hydrogen) atoms. The molecule has 2 heterocycles. The lowest BCUT2D eigenvalue weighted by Gasteiger charge is -2.24. The molecule has 0 atom stereocenters. The van der Waals surface area contributed by atoms with Crippen molar-refractivity contribution >= 4 is 22.4 Å². The molecular weight excluding hydrogens is 360 g/mol. The van der Waals surface area contributed by atoms with Crippen LogP contribution in [0.2, 0.25) is 0 Å². The third-order valence-electron chi connectivity index (χ3n) is 5.65. The minimum Gasteiger partial charge on any atom is -0.463 e. The van der Waals surface area contributed by atoms with E-state index in [1.54, 1.807) is 6.08 Å². The van der Waals surface area contributed by atoms with Crippen molar-refractivity contribution in [2.24, 2.45) is 0 Å². The normalized spacial score (nSPS) is 14.8. The zero-order valence-electron chi connectivity index (χ0n) is 17.4. The maximum absolute atomic E-state index is 12.3. The number of ether oxygens (including phenoxy) is 1. The van der Waals surface area contributed by atoms with Gasteiger partial charge in [0.05, 0.1) is 6.61 Å². The third kappa shape index (κ3) is 3.99. The molecule has 0 amide bonds. The fourth-order valence-corrected chi connectivity index (χ4v) is 4.25. The molecule has 3 aromatic rings. The molecule has 1 aromatic heterocycles. The first-order valence-corrected chi connectivity index (χ1v) is 10.3. The summed E-state index contributed by atoms with van der Waals surface area (Å²) >= 11 is 0. The Hall–Kier alpha value is -2.85. The number of aryl methyl sites for hydroxylation is 1. The van der Waals surface area contributed by atoms with E-state index in [0.29, 0.717) is 13.2 Å². The molecule has 0 unspecified atom stereocenters. The molecule has 0 radical (unpaired) electrons. The number of nitrogens with zero attached hydrogens (tertiary/aromatic N) is 2. The molecule has 4 heteroatoms. The first-order chi connectivity index (χ1) is 14.1. The number of rotatable bonds is 5. The van der Waals surface area contributed by atoms with Gasteiger partial charge in [0.15, 0.2) is 0 Å². The summed E-state index contributed by atoms with van der Waals surface area (Å²) in [6.45, 7) is 7.02. The van der Waals surface area contributed by atoms with E-state index in [-0.39, 0.29) is 5.97 Å². The second-order valence-corrected chi connectivity index (χ2v) is 7.81. The molecule has 0 aliphatic carbocycles. The van der Waals surface area contributed by atoms with Crippen molar-refractivity contribution in [3.63, 3.8) is 0 Å². The Balaban J connectivity index is 1.83. The minimum absolute atomic E-state index is 0.285. The van der Waals surface area contributed by atoms with Gasteiger partial charge in [-0.3, -0.25) is 0 Å². The van der Waals surface area contributed by atoms with Gasteiger partial charge in [0.1, 0.15) is 0 Å². The summed E-state index contributed by atoms with van der Waals surface area (Å²) in [5.41, 5.74) is 7.34. The van der Waals surface area contributed by atoms with Gasteiger partial charge in [-0.25, -0.2) is 4.79 Å². The van der Waals surface area contributed by atoms with Crippen LogP contribution in [0.1, 0.15) is 29.3 Å². The predicted octanol–water partition coefficient (Wildman–Crippen LogP) is 4.58. The van der Waals surface area contributed by atoms with Crippen molar-refractivity contribution in [3.05, 3.63) is 77.0 Å². The SMILES string of the molecule is CCOC(=O)/C=C(/Cn1c2c(c3cc(C)ccc31)CN(C)CC2)c1ccccc1. The van der Waals surface area contributed by atoms with Crippen molar-refractivity contribution in [2.75, 3.05) is 20.2 Å². The zero-order chi connectivity index (χ0) is 20.4. The Bertz CT molecular complexity index is 1060. The Labute approximate surface area is 172 Å². The van der Waals surface area contributed by atoms with Gasteiger partial charge < -0.3 is 14.2 Å². The van der Waals surface area contributed by atoms with Gasteiger partial charge >= 0.3 is 5.97 Å². The van der Waals surface area contributed by atoms with Crippen LogP contribution in [-0.2, 0) is 29.0 Å². The fourth-order valence-electron chi connectivity index (χ4n) is 4.25. The fraction of sp³-hybridized carbons (Fsp3) is 0.320. The monoisotopic (exact) mass is 388 g/mol. The van der Waals surface area contributed by atoms with Gasteiger partial charge in [0, 0.05) is 48.7 Å². The van der Waals surface area contributed by atoms with Gasteiger partial charge in [-0.15, -0.1) is 0 Å². The molecule has 2 aromatic carbocycles. The second kappa shape index (κ2) is 8.26. The second-order valence-electron chi connectivity index (χ2n) is 7.81. The number of likely N-dealkylation sites (N-methyl/N-ethyl adjacent to an activating group) is 1. The smallest absolute Gasteiger partial charge is 0.331 e. The molecule has 0 N–H and O–H groups in total. The summed E-state index contributed by atoms with van der Waals surface area (Å²) in [5.74, 6) is -0.285. The zero-order valence-corrected chi connectivity index (χ0v) is 17.4. The Kier molecular flexibility index (Phi) is 5.54. The van der Waals surface area contributed by atoms with Gasteiger partial charge in [0.25, 0.3) is 0 Å². The van der Waals surface area contributed by atoms with Gasteiger partial charge in [-0.1, -0.05) is 42.0 Å². The molecule has 1 aliphatic heterocycles. The molecule has 4 nitrogen and oxygen atoms in total. The van der Waals surface area contributed by atoms with E-state index in [9.17, 15) is 4.79 Å². The van der Waals surface area contributed by atoms with Crippen molar-refractivity contribution in [1.29, 1.82) is 0 Å². The van der Waals surface area contributed by atoms with Crippen LogP contribution in [0.25, 0.3) is 16.5 Å². The van der Waals surface area contributed by atoms with Crippen LogP contribution in [0.15, 0.2) is 54.6 Å². The lowest BCUT2D eigenvalue weighted by molar-refractivity contribution is -0.137. The van der Waals surface area contributed by atoms with E-state index in [2.05, 4.69) is 53.8 Å². The van der Waals surface area contributed by atoms with E-state index in [0.717, 1.165) is 30.6 Å². The van der Waals surface area contributed by atoms with Crippen LogP contribution < -0.4 is 0 Å². The van der Waals surface area contributed by atoms with E-state index in [4.69, 9.17) is 4.74 Å². The summed E-state index contributed by atoms with van der Waals surface area (Å²) < 4.78 is 7.61. The lowest BCUT2D eigenvalue weighted by atomic mass is 10.0. The molecule has 1 aliphatic rings. The minimum atomic E-state index is -0.285. The van der Waals surface area contributed by atoms with Crippen LogP contribution in [0.3, 0.4) is 0 Å². The number of fused-ring (bicyclic) bond motifs is 3.